The van der Waals surface area contributed by atoms with Crippen molar-refractivity contribution in [1.82, 2.24) is 14.8 Å². The monoisotopic (exact) mass is 447 g/mol. The third-order valence-corrected chi connectivity index (χ3v) is 4.51. The van der Waals surface area contributed by atoms with Crippen LogP contribution in [0, 0.1) is 0 Å². The average molecular weight is 447 g/mol. The van der Waals surface area contributed by atoms with E-state index < -0.39 is 24.6 Å². The normalized spacial score (nSPS) is 13.8. The van der Waals surface area contributed by atoms with Crippen molar-refractivity contribution in [3.05, 3.63) is 47.8 Å². The van der Waals surface area contributed by atoms with Gasteiger partial charge in [-0.05, 0) is 19.1 Å². The molecule has 0 aliphatic rings. The molecule has 2 N–H and O–H groups in total. The van der Waals surface area contributed by atoms with Gasteiger partial charge in [0.15, 0.2) is 5.82 Å². The molecule has 0 amide bonds. The fourth-order valence-electron chi connectivity index (χ4n) is 2.83. The SMILES string of the molecule is CC(=Nc1cc2cnn(CC(F)(F)C(F)(F)F)c2cn1)c1ccc(C(C)(F)F)cc1N. The third-order valence-electron chi connectivity index (χ3n) is 4.51. The van der Waals surface area contributed by atoms with Gasteiger partial charge in [-0.15, -0.1) is 0 Å². The van der Waals surface area contributed by atoms with Gasteiger partial charge in [0, 0.05) is 34.8 Å². The lowest BCUT2D eigenvalue weighted by Crippen LogP contribution is -2.40. The van der Waals surface area contributed by atoms with Crippen molar-refractivity contribution >= 4 is 28.1 Å². The second-order valence-corrected chi connectivity index (χ2v) is 6.99. The molecule has 166 valence electrons. The fraction of sp³-hybridized carbons (Fsp3) is 0.316. The van der Waals surface area contributed by atoms with Crippen LogP contribution in [0.5, 0.6) is 0 Å². The largest absolute Gasteiger partial charge is 0.455 e. The predicted molar refractivity (Wildman–Crippen MR) is 101 cm³/mol. The zero-order chi connectivity index (χ0) is 23.2. The molecule has 3 rings (SSSR count). The van der Waals surface area contributed by atoms with Crippen LogP contribution in [-0.4, -0.2) is 32.6 Å². The molecule has 1 aromatic carbocycles. The Bertz CT molecular complexity index is 1140. The first-order valence-electron chi connectivity index (χ1n) is 8.78. The van der Waals surface area contributed by atoms with Crippen LogP contribution in [-0.2, 0) is 12.5 Å². The van der Waals surface area contributed by atoms with E-state index in [2.05, 4.69) is 15.1 Å². The number of aromatic nitrogens is 3. The van der Waals surface area contributed by atoms with Crippen molar-refractivity contribution in [2.24, 2.45) is 4.99 Å². The van der Waals surface area contributed by atoms with Crippen molar-refractivity contribution in [2.75, 3.05) is 5.73 Å². The number of anilines is 1. The summed E-state index contributed by atoms with van der Waals surface area (Å²) in [5.41, 5.74) is 6.35. The molecule has 0 radical (unpaired) electrons. The molecule has 0 aliphatic heterocycles. The number of rotatable bonds is 5. The Morgan fingerprint density at radius 2 is 1.74 bits per heavy atom. The molecule has 0 atom stereocenters. The number of hydrogen-bond donors (Lipinski definition) is 1. The first-order valence-corrected chi connectivity index (χ1v) is 8.78. The van der Waals surface area contributed by atoms with Crippen molar-refractivity contribution in [2.45, 2.75) is 38.4 Å². The zero-order valence-electron chi connectivity index (χ0n) is 16.2. The molecule has 0 saturated heterocycles. The number of hydrogen-bond acceptors (Lipinski definition) is 4. The van der Waals surface area contributed by atoms with Crippen molar-refractivity contribution in [3.8, 4) is 0 Å². The van der Waals surface area contributed by atoms with Crippen LogP contribution < -0.4 is 5.73 Å². The molecule has 31 heavy (non-hydrogen) atoms. The molecule has 0 saturated carbocycles. The minimum absolute atomic E-state index is 0.0328. The topological polar surface area (TPSA) is 69.1 Å². The fourth-order valence-corrected chi connectivity index (χ4v) is 2.83. The Labute approximate surface area is 171 Å². The van der Waals surface area contributed by atoms with E-state index in [0.29, 0.717) is 16.0 Å². The van der Waals surface area contributed by atoms with E-state index in [1.54, 1.807) is 6.92 Å². The molecular weight excluding hydrogens is 431 g/mol. The van der Waals surface area contributed by atoms with Gasteiger partial charge in [-0.2, -0.15) is 27.1 Å². The lowest BCUT2D eigenvalue weighted by molar-refractivity contribution is -0.287. The first-order chi connectivity index (χ1) is 14.2. The molecule has 2 heterocycles. The Morgan fingerprint density at radius 1 is 1.06 bits per heavy atom. The average Bonchev–Trinajstić information content (AvgIpc) is 3.01. The molecule has 0 fully saturated rings. The number of aliphatic imine (C=N–C) groups is 1. The summed E-state index contributed by atoms with van der Waals surface area (Å²) in [5, 5.41) is 3.82. The smallest absolute Gasteiger partial charge is 0.398 e. The van der Waals surface area contributed by atoms with Gasteiger partial charge in [0.1, 0.15) is 6.54 Å². The van der Waals surface area contributed by atoms with E-state index in [9.17, 15) is 30.7 Å². The van der Waals surface area contributed by atoms with E-state index in [4.69, 9.17) is 5.73 Å². The van der Waals surface area contributed by atoms with Crippen LogP contribution in [0.25, 0.3) is 10.9 Å². The number of pyridine rings is 1. The Morgan fingerprint density at radius 3 is 2.32 bits per heavy atom. The van der Waals surface area contributed by atoms with Gasteiger partial charge < -0.3 is 5.73 Å². The summed E-state index contributed by atoms with van der Waals surface area (Å²) < 4.78 is 91.3. The summed E-state index contributed by atoms with van der Waals surface area (Å²) in [5.74, 6) is -7.91. The Hall–Kier alpha value is -3.18. The zero-order valence-corrected chi connectivity index (χ0v) is 16.2. The summed E-state index contributed by atoms with van der Waals surface area (Å²) in [6, 6.07) is 5.08. The number of benzene rings is 1. The quantitative estimate of drug-likeness (QED) is 0.321. The van der Waals surface area contributed by atoms with Gasteiger partial charge in [-0.25, -0.2) is 18.8 Å². The number of nitrogens with zero attached hydrogens (tertiary/aromatic N) is 4. The summed E-state index contributed by atoms with van der Waals surface area (Å²) in [6.45, 7) is 0.620. The highest BCUT2D eigenvalue weighted by atomic mass is 19.4. The summed E-state index contributed by atoms with van der Waals surface area (Å²) in [7, 11) is 0. The number of fused-ring (bicyclic) bond motifs is 1. The second kappa shape index (κ2) is 7.50. The number of alkyl halides is 7. The van der Waals surface area contributed by atoms with Gasteiger partial charge in [-0.3, -0.25) is 4.68 Å². The molecular formula is C19H16F7N5. The molecule has 0 unspecified atom stereocenters. The molecule has 12 heteroatoms. The van der Waals surface area contributed by atoms with Gasteiger partial charge in [-0.1, -0.05) is 12.1 Å². The van der Waals surface area contributed by atoms with Crippen LogP contribution >= 0.6 is 0 Å². The molecule has 0 spiro atoms. The standard InChI is InChI=1S/C19H16F7N5/c1-10(13-4-3-12(6-14(13)27)17(2,20)21)30-16-5-11-7-29-31(15(11)8-28-16)9-18(22,23)19(24,25)26/h3-8H,9,27H2,1-2H3. The van der Waals surface area contributed by atoms with Crippen molar-refractivity contribution in [3.63, 3.8) is 0 Å². The minimum Gasteiger partial charge on any atom is -0.398 e. The van der Waals surface area contributed by atoms with Gasteiger partial charge in [0.2, 0.25) is 0 Å². The lowest BCUT2D eigenvalue weighted by atomic mass is 10.0. The van der Waals surface area contributed by atoms with E-state index in [0.717, 1.165) is 25.4 Å². The van der Waals surface area contributed by atoms with Crippen LogP contribution in [0.3, 0.4) is 0 Å². The third kappa shape index (κ3) is 4.62. The molecule has 0 bridgehead atoms. The molecule has 3 aromatic rings. The molecule has 0 aliphatic carbocycles. The molecule has 2 aromatic heterocycles. The maximum Gasteiger partial charge on any atom is 0.455 e. The lowest BCUT2D eigenvalue weighted by Gasteiger charge is -2.19. The predicted octanol–water partition coefficient (Wildman–Crippen LogP) is 5.46. The highest BCUT2D eigenvalue weighted by Gasteiger charge is 2.57. The van der Waals surface area contributed by atoms with E-state index >= 15 is 0 Å². The number of halogens is 7. The van der Waals surface area contributed by atoms with Crippen molar-refractivity contribution < 1.29 is 30.7 Å². The maximum absolute atomic E-state index is 13.4. The highest BCUT2D eigenvalue weighted by Crippen LogP contribution is 2.37. The van der Waals surface area contributed by atoms with Crippen LogP contribution in [0.15, 0.2) is 41.7 Å². The molecule has 5 nitrogen and oxygen atoms in total. The second-order valence-electron chi connectivity index (χ2n) is 6.99. The Balaban J connectivity index is 1.90. The van der Waals surface area contributed by atoms with Gasteiger partial charge in [0.25, 0.3) is 5.92 Å². The summed E-state index contributed by atoms with van der Waals surface area (Å²) in [6.07, 6.45) is -3.52. The van der Waals surface area contributed by atoms with Gasteiger partial charge in [0.05, 0.1) is 17.9 Å². The number of nitrogens with two attached hydrogens (primary N) is 1. The summed E-state index contributed by atoms with van der Waals surface area (Å²) in [4.78, 5) is 8.18. The minimum atomic E-state index is -5.71. The maximum atomic E-state index is 13.4. The van der Waals surface area contributed by atoms with Crippen LogP contribution in [0.1, 0.15) is 25.0 Å². The van der Waals surface area contributed by atoms with Crippen LogP contribution in [0.4, 0.5) is 42.2 Å². The Kier molecular flexibility index (Phi) is 5.45. The van der Waals surface area contributed by atoms with Crippen molar-refractivity contribution in [1.29, 1.82) is 0 Å². The first kappa shape index (κ1) is 22.5. The summed E-state index contributed by atoms with van der Waals surface area (Å²) >= 11 is 0. The van der Waals surface area contributed by atoms with Crippen LogP contribution in [0.2, 0.25) is 0 Å². The van der Waals surface area contributed by atoms with Gasteiger partial charge >= 0.3 is 12.1 Å². The number of nitrogen functional groups attached to an aromatic ring is 1. The van der Waals surface area contributed by atoms with E-state index in [-0.39, 0.29) is 28.0 Å². The van der Waals surface area contributed by atoms with E-state index in [1.807, 2.05) is 0 Å². The van der Waals surface area contributed by atoms with E-state index in [1.165, 1.54) is 18.2 Å². The highest BCUT2D eigenvalue weighted by molar-refractivity contribution is 6.04.